The smallest absolute Gasteiger partial charge is 0.314 e. The van der Waals surface area contributed by atoms with E-state index in [4.69, 9.17) is 4.74 Å². The number of hydrogen-bond donors (Lipinski definition) is 2. The third kappa shape index (κ3) is 3.46. The molecule has 1 aliphatic rings. The van der Waals surface area contributed by atoms with Crippen LogP contribution in [0.1, 0.15) is 0 Å². The van der Waals surface area contributed by atoms with Crippen molar-refractivity contribution in [2.24, 2.45) is 0 Å². The molecular weight excluding hydrogens is 365 g/mol. The Labute approximate surface area is 160 Å². The number of morpholine rings is 1. The highest BCUT2D eigenvalue weighted by atomic mass is 19.1. The monoisotopic (exact) mass is 385 g/mol. The summed E-state index contributed by atoms with van der Waals surface area (Å²) in [6.07, 6.45) is 2.92. The van der Waals surface area contributed by atoms with Crippen molar-refractivity contribution >= 4 is 22.9 Å². The Morgan fingerprint density at radius 3 is 3.04 bits per heavy atom. The van der Waals surface area contributed by atoms with E-state index in [1.807, 2.05) is 0 Å². The van der Waals surface area contributed by atoms with Crippen LogP contribution < -0.4 is 15.5 Å². The second-order valence-corrected chi connectivity index (χ2v) is 6.34. The number of ether oxygens (including phenoxy) is 1. The fraction of sp³-hybridized carbons (Fsp3) is 0.333. The summed E-state index contributed by atoms with van der Waals surface area (Å²) in [5.41, 5.74) is 0.860. The molecule has 0 radical (unpaired) electrons. The first-order valence-electron chi connectivity index (χ1n) is 8.93. The number of aromatic nitrogens is 4. The van der Waals surface area contributed by atoms with Gasteiger partial charge in [0, 0.05) is 26.7 Å². The molecule has 2 aromatic heterocycles. The Morgan fingerprint density at radius 1 is 1.36 bits per heavy atom. The lowest BCUT2D eigenvalue weighted by atomic mass is 10.2. The number of anilines is 1. The Kier molecular flexibility index (Phi) is 5.02. The fourth-order valence-electron chi connectivity index (χ4n) is 3.21. The number of urea groups is 1. The average Bonchev–Trinajstić information content (AvgIpc) is 3.16. The number of nitrogens with zero attached hydrogens (tertiary/aromatic N) is 5. The first-order chi connectivity index (χ1) is 13.7. The fourth-order valence-corrected chi connectivity index (χ4v) is 3.21. The Hall–Kier alpha value is -3.27. The summed E-state index contributed by atoms with van der Waals surface area (Å²) in [4.78, 5) is 22.2. The lowest BCUT2D eigenvalue weighted by Gasteiger charge is -2.33. The van der Waals surface area contributed by atoms with Gasteiger partial charge >= 0.3 is 6.03 Å². The number of hydrogen-bond acceptors (Lipinski definition) is 6. The molecule has 146 valence electrons. The van der Waals surface area contributed by atoms with Crippen LogP contribution in [0.4, 0.5) is 15.0 Å². The van der Waals surface area contributed by atoms with Gasteiger partial charge in [-0.25, -0.2) is 23.8 Å². The summed E-state index contributed by atoms with van der Waals surface area (Å²) in [5.74, 6) is 0.334. The number of fused-ring (bicyclic) bond motifs is 1. The summed E-state index contributed by atoms with van der Waals surface area (Å²) in [6.45, 7) is 2.10. The maximum absolute atomic E-state index is 14.2. The number of carbonyl (C=O) groups excluding carboxylic acids is 1. The number of rotatable bonds is 4. The minimum Gasteiger partial charge on any atom is -0.373 e. The first kappa shape index (κ1) is 18.1. The molecule has 1 aliphatic heterocycles. The van der Waals surface area contributed by atoms with Crippen molar-refractivity contribution in [2.45, 2.75) is 6.10 Å². The highest BCUT2D eigenvalue weighted by molar-refractivity contribution is 5.87. The van der Waals surface area contributed by atoms with Crippen molar-refractivity contribution < 1.29 is 13.9 Å². The molecule has 1 unspecified atom stereocenters. The molecule has 1 fully saturated rings. The van der Waals surface area contributed by atoms with E-state index < -0.39 is 0 Å². The number of halogens is 1. The molecule has 3 aromatic rings. The number of benzene rings is 1. The van der Waals surface area contributed by atoms with Gasteiger partial charge in [-0.1, -0.05) is 12.1 Å². The molecule has 0 saturated carbocycles. The van der Waals surface area contributed by atoms with Gasteiger partial charge in [0.05, 0.1) is 24.3 Å². The van der Waals surface area contributed by atoms with E-state index in [2.05, 4.69) is 30.6 Å². The molecule has 3 heterocycles. The number of para-hydroxylation sites is 1. The molecule has 9 nitrogen and oxygen atoms in total. The van der Waals surface area contributed by atoms with Crippen LogP contribution >= 0.6 is 0 Å². The van der Waals surface area contributed by atoms with E-state index in [1.165, 1.54) is 17.1 Å². The summed E-state index contributed by atoms with van der Waals surface area (Å²) < 4.78 is 21.4. The van der Waals surface area contributed by atoms with Crippen molar-refractivity contribution in [1.29, 1.82) is 0 Å². The van der Waals surface area contributed by atoms with Gasteiger partial charge in [0.25, 0.3) is 0 Å². The highest BCUT2D eigenvalue weighted by Crippen LogP contribution is 2.26. The molecule has 0 bridgehead atoms. The standard InChI is InChI=1S/C18H20FN7O2/c1-20-18(27)21-8-12-10-25(6-7-28-12)16-13-9-24-26(17(13)23-11-22-16)15-5-3-2-4-14(15)19/h2-5,9,11-12H,6-8,10H2,1H3,(H2,20,21,27). The maximum Gasteiger partial charge on any atom is 0.314 e. The number of nitrogens with one attached hydrogen (secondary N) is 2. The molecule has 10 heteroatoms. The maximum atomic E-state index is 14.2. The van der Waals surface area contributed by atoms with Crippen molar-refractivity contribution in [1.82, 2.24) is 30.4 Å². The zero-order valence-corrected chi connectivity index (χ0v) is 15.3. The van der Waals surface area contributed by atoms with Crippen molar-refractivity contribution in [3.05, 3.63) is 42.6 Å². The second kappa shape index (κ2) is 7.77. The van der Waals surface area contributed by atoms with E-state index >= 15 is 0 Å². The van der Waals surface area contributed by atoms with Crippen molar-refractivity contribution in [2.75, 3.05) is 38.2 Å². The zero-order chi connectivity index (χ0) is 19.5. The predicted octanol–water partition coefficient (Wildman–Crippen LogP) is 1.09. The minimum absolute atomic E-state index is 0.169. The van der Waals surface area contributed by atoms with Crippen LogP contribution in [0.25, 0.3) is 16.7 Å². The Morgan fingerprint density at radius 2 is 2.21 bits per heavy atom. The lowest BCUT2D eigenvalue weighted by molar-refractivity contribution is 0.0423. The molecule has 0 spiro atoms. The van der Waals surface area contributed by atoms with Gasteiger partial charge in [-0.2, -0.15) is 5.10 Å². The molecule has 1 atom stereocenters. The van der Waals surface area contributed by atoms with Gasteiger partial charge in [-0.3, -0.25) is 0 Å². The minimum atomic E-state index is -0.376. The van der Waals surface area contributed by atoms with Gasteiger partial charge in [0.15, 0.2) is 5.65 Å². The van der Waals surface area contributed by atoms with Gasteiger partial charge in [0.1, 0.15) is 23.6 Å². The summed E-state index contributed by atoms with van der Waals surface area (Å²) in [5, 5.41) is 10.3. The zero-order valence-electron chi connectivity index (χ0n) is 15.3. The summed E-state index contributed by atoms with van der Waals surface area (Å²) in [7, 11) is 1.56. The highest BCUT2D eigenvalue weighted by Gasteiger charge is 2.24. The third-order valence-electron chi connectivity index (χ3n) is 4.58. The second-order valence-electron chi connectivity index (χ2n) is 6.34. The Balaban J connectivity index is 1.61. The molecule has 0 aliphatic carbocycles. The van der Waals surface area contributed by atoms with E-state index in [-0.39, 0.29) is 18.0 Å². The van der Waals surface area contributed by atoms with Gasteiger partial charge in [-0.05, 0) is 12.1 Å². The molecule has 1 saturated heterocycles. The van der Waals surface area contributed by atoms with E-state index in [0.29, 0.717) is 43.4 Å². The van der Waals surface area contributed by atoms with Crippen LogP contribution in [0, 0.1) is 5.82 Å². The number of amides is 2. The molecule has 4 rings (SSSR count). The van der Waals surface area contributed by atoms with Crippen LogP contribution in [-0.4, -0.2) is 65.2 Å². The SMILES string of the molecule is CNC(=O)NCC1CN(c2ncnc3c2cnn3-c2ccccc2F)CCO1. The van der Waals surface area contributed by atoms with Gasteiger partial charge in [-0.15, -0.1) is 0 Å². The normalized spacial score (nSPS) is 16.9. The number of carbonyl (C=O) groups is 1. The van der Waals surface area contributed by atoms with Gasteiger partial charge < -0.3 is 20.3 Å². The molecule has 1 aromatic carbocycles. The van der Waals surface area contributed by atoms with Crippen LogP contribution in [0.15, 0.2) is 36.8 Å². The summed E-state index contributed by atoms with van der Waals surface area (Å²) in [6, 6.07) is 6.16. The van der Waals surface area contributed by atoms with Gasteiger partial charge in [0.2, 0.25) is 0 Å². The van der Waals surface area contributed by atoms with Crippen molar-refractivity contribution in [3.63, 3.8) is 0 Å². The quantitative estimate of drug-likeness (QED) is 0.698. The third-order valence-corrected chi connectivity index (χ3v) is 4.58. The van der Waals surface area contributed by atoms with E-state index in [9.17, 15) is 9.18 Å². The lowest BCUT2D eigenvalue weighted by Crippen LogP contribution is -2.49. The van der Waals surface area contributed by atoms with Crippen LogP contribution in [0.3, 0.4) is 0 Å². The summed E-state index contributed by atoms with van der Waals surface area (Å²) >= 11 is 0. The van der Waals surface area contributed by atoms with Crippen LogP contribution in [0.2, 0.25) is 0 Å². The predicted molar refractivity (Wildman–Crippen MR) is 101 cm³/mol. The molecule has 28 heavy (non-hydrogen) atoms. The first-order valence-corrected chi connectivity index (χ1v) is 8.93. The molecule has 2 amide bonds. The topological polar surface area (TPSA) is 97.2 Å². The molecular formula is C18H20FN7O2. The van der Waals surface area contributed by atoms with Crippen LogP contribution in [-0.2, 0) is 4.74 Å². The average molecular weight is 385 g/mol. The largest absolute Gasteiger partial charge is 0.373 e. The van der Waals surface area contributed by atoms with E-state index in [0.717, 1.165) is 5.39 Å². The molecule has 2 N–H and O–H groups in total. The van der Waals surface area contributed by atoms with Crippen molar-refractivity contribution in [3.8, 4) is 5.69 Å². The van der Waals surface area contributed by atoms with Crippen LogP contribution in [0.5, 0.6) is 0 Å². The Bertz CT molecular complexity index is 993. The van der Waals surface area contributed by atoms with E-state index in [1.54, 1.807) is 31.4 Å².